The van der Waals surface area contributed by atoms with E-state index in [0.717, 1.165) is 37.9 Å². The number of piperidine rings is 1. The zero-order chi connectivity index (χ0) is 20.5. The van der Waals surface area contributed by atoms with Crippen molar-refractivity contribution in [1.82, 2.24) is 5.32 Å². The minimum absolute atomic E-state index is 0.0168. The van der Waals surface area contributed by atoms with Crippen LogP contribution < -0.4 is 10.2 Å². The Morgan fingerprint density at radius 2 is 1.66 bits per heavy atom. The number of esters is 1. The SMILES string of the molecule is CCOC(=O)C1CC[NH+](CC(=O)N[C@@H](Cc2ccccc2)c2ccccc2)CC1. The molecule has 0 aliphatic carbocycles. The number of benzene rings is 2. The first kappa shape index (κ1) is 21.1. The summed E-state index contributed by atoms with van der Waals surface area (Å²) in [5.74, 6) is -0.0562. The minimum atomic E-state index is -0.0944. The van der Waals surface area contributed by atoms with Crippen molar-refractivity contribution in [1.29, 1.82) is 0 Å². The molecule has 2 N–H and O–H groups in total. The van der Waals surface area contributed by atoms with E-state index in [1.54, 1.807) is 0 Å². The van der Waals surface area contributed by atoms with Crippen LogP contribution in [0.15, 0.2) is 60.7 Å². The highest BCUT2D eigenvalue weighted by Crippen LogP contribution is 2.18. The quantitative estimate of drug-likeness (QED) is 0.672. The summed E-state index contributed by atoms with van der Waals surface area (Å²) in [6.45, 7) is 4.35. The lowest BCUT2D eigenvalue weighted by molar-refractivity contribution is -0.897. The Morgan fingerprint density at radius 3 is 2.28 bits per heavy atom. The highest BCUT2D eigenvalue weighted by Gasteiger charge is 2.29. The van der Waals surface area contributed by atoms with Crippen LogP contribution in [0.3, 0.4) is 0 Å². The first-order valence-electron chi connectivity index (χ1n) is 10.5. The number of nitrogens with one attached hydrogen (secondary N) is 2. The van der Waals surface area contributed by atoms with E-state index >= 15 is 0 Å². The topological polar surface area (TPSA) is 59.8 Å². The van der Waals surface area contributed by atoms with E-state index in [-0.39, 0.29) is 23.8 Å². The maximum atomic E-state index is 12.8. The first-order chi connectivity index (χ1) is 14.2. The molecule has 2 aromatic carbocycles. The number of carbonyl (C=O) groups is 2. The standard InChI is InChI=1S/C24H30N2O3/c1-2-29-24(28)21-13-15-26(16-14-21)18-23(27)25-22(20-11-7-4-8-12-20)17-19-9-5-3-6-10-19/h3-12,21-22H,2,13-18H2,1H3,(H,25,27)/p+1/t22-/m0/s1. The van der Waals surface area contributed by atoms with Crippen molar-refractivity contribution in [2.45, 2.75) is 32.2 Å². The van der Waals surface area contributed by atoms with Gasteiger partial charge < -0.3 is 15.0 Å². The van der Waals surface area contributed by atoms with E-state index in [1.165, 1.54) is 10.5 Å². The van der Waals surface area contributed by atoms with Crippen LogP contribution in [0.2, 0.25) is 0 Å². The lowest BCUT2D eigenvalue weighted by atomic mass is 9.97. The highest BCUT2D eigenvalue weighted by atomic mass is 16.5. The molecule has 5 heteroatoms. The van der Waals surface area contributed by atoms with Crippen LogP contribution in [0.5, 0.6) is 0 Å². The van der Waals surface area contributed by atoms with Gasteiger partial charge in [-0.15, -0.1) is 0 Å². The average Bonchev–Trinajstić information content (AvgIpc) is 2.75. The van der Waals surface area contributed by atoms with Crippen LogP contribution in [0.4, 0.5) is 0 Å². The van der Waals surface area contributed by atoms with Crippen molar-refractivity contribution >= 4 is 11.9 Å². The highest BCUT2D eigenvalue weighted by molar-refractivity contribution is 5.77. The summed E-state index contributed by atoms with van der Waals surface area (Å²) in [6, 6.07) is 20.3. The third-order valence-electron chi connectivity index (χ3n) is 5.54. The van der Waals surface area contributed by atoms with Gasteiger partial charge in [-0.1, -0.05) is 60.7 Å². The van der Waals surface area contributed by atoms with E-state index in [0.29, 0.717) is 13.2 Å². The lowest BCUT2D eigenvalue weighted by Crippen LogP contribution is -3.14. The van der Waals surface area contributed by atoms with Gasteiger partial charge in [0, 0.05) is 12.8 Å². The van der Waals surface area contributed by atoms with Crippen LogP contribution in [0.25, 0.3) is 0 Å². The summed E-state index contributed by atoms with van der Waals surface area (Å²) < 4.78 is 5.13. The Hall–Kier alpha value is -2.66. The molecule has 1 heterocycles. The minimum Gasteiger partial charge on any atom is -0.466 e. The Kier molecular flexibility index (Phi) is 7.82. The smallest absolute Gasteiger partial charge is 0.309 e. The second kappa shape index (κ2) is 10.8. The van der Waals surface area contributed by atoms with Crippen molar-refractivity contribution in [2.75, 3.05) is 26.2 Å². The number of ether oxygens (including phenoxy) is 1. The predicted octanol–water partition coefficient (Wildman–Crippen LogP) is 1.94. The molecule has 29 heavy (non-hydrogen) atoms. The number of hydrogen-bond acceptors (Lipinski definition) is 3. The van der Waals surface area contributed by atoms with Gasteiger partial charge in [0.2, 0.25) is 0 Å². The lowest BCUT2D eigenvalue weighted by Gasteiger charge is -2.28. The zero-order valence-corrected chi connectivity index (χ0v) is 17.1. The number of rotatable bonds is 8. The number of carbonyl (C=O) groups excluding carboxylic acids is 2. The molecule has 0 unspecified atom stereocenters. The maximum absolute atomic E-state index is 12.8. The van der Waals surface area contributed by atoms with Crippen LogP contribution >= 0.6 is 0 Å². The monoisotopic (exact) mass is 395 g/mol. The van der Waals surface area contributed by atoms with Gasteiger partial charge in [-0.3, -0.25) is 9.59 Å². The maximum Gasteiger partial charge on any atom is 0.309 e. The Morgan fingerprint density at radius 1 is 1.03 bits per heavy atom. The molecule has 0 aromatic heterocycles. The summed E-state index contributed by atoms with van der Waals surface area (Å²) in [5, 5.41) is 3.23. The summed E-state index contributed by atoms with van der Waals surface area (Å²) in [7, 11) is 0. The van der Waals surface area contributed by atoms with Crippen LogP contribution in [-0.2, 0) is 20.7 Å². The molecule has 1 amide bonds. The van der Waals surface area contributed by atoms with E-state index in [9.17, 15) is 9.59 Å². The molecule has 2 aromatic rings. The number of quaternary nitrogens is 1. The number of hydrogen-bond donors (Lipinski definition) is 2. The first-order valence-corrected chi connectivity index (χ1v) is 10.5. The van der Waals surface area contributed by atoms with Gasteiger partial charge in [-0.25, -0.2) is 0 Å². The molecule has 5 nitrogen and oxygen atoms in total. The van der Waals surface area contributed by atoms with Gasteiger partial charge in [0.15, 0.2) is 6.54 Å². The fourth-order valence-electron chi connectivity index (χ4n) is 3.96. The molecule has 0 radical (unpaired) electrons. The number of amides is 1. The molecule has 1 saturated heterocycles. The van der Waals surface area contributed by atoms with Gasteiger partial charge in [-0.05, 0) is 24.5 Å². The van der Waals surface area contributed by atoms with Gasteiger partial charge >= 0.3 is 5.97 Å². The van der Waals surface area contributed by atoms with Crippen molar-refractivity contribution in [2.24, 2.45) is 5.92 Å². The molecule has 0 saturated carbocycles. The normalized spacial score (nSPS) is 19.9. The zero-order valence-electron chi connectivity index (χ0n) is 17.1. The van der Waals surface area contributed by atoms with Crippen molar-refractivity contribution in [3.8, 4) is 0 Å². The van der Waals surface area contributed by atoms with E-state index in [2.05, 4.69) is 29.6 Å². The van der Waals surface area contributed by atoms with Gasteiger partial charge in [0.25, 0.3) is 5.91 Å². The Balaban J connectivity index is 1.56. The second-order valence-corrected chi connectivity index (χ2v) is 7.67. The summed E-state index contributed by atoms with van der Waals surface area (Å²) in [6.07, 6.45) is 2.33. The largest absolute Gasteiger partial charge is 0.466 e. The Bertz CT molecular complexity index is 771. The molecular weight excluding hydrogens is 364 g/mol. The van der Waals surface area contributed by atoms with E-state index in [4.69, 9.17) is 4.74 Å². The molecule has 1 aliphatic rings. The average molecular weight is 396 g/mol. The third-order valence-corrected chi connectivity index (χ3v) is 5.54. The second-order valence-electron chi connectivity index (χ2n) is 7.67. The van der Waals surface area contributed by atoms with Gasteiger partial charge in [0.05, 0.1) is 31.7 Å². The fraction of sp³-hybridized carbons (Fsp3) is 0.417. The van der Waals surface area contributed by atoms with E-state index in [1.807, 2.05) is 43.3 Å². The molecular formula is C24H31N2O3+. The third kappa shape index (κ3) is 6.43. The van der Waals surface area contributed by atoms with E-state index < -0.39 is 0 Å². The molecule has 1 aliphatic heterocycles. The molecule has 0 spiro atoms. The molecule has 3 rings (SSSR count). The van der Waals surface area contributed by atoms with Gasteiger partial charge in [0.1, 0.15) is 0 Å². The molecule has 1 fully saturated rings. The van der Waals surface area contributed by atoms with Crippen molar-refractivity contribution < 1.29 is 19.2 Å². The number of likely N-dealkylation sites (tertiary alicyclic amines) is 1. The molecule has 154 valence electrons. The predicted molar refractivity (Wildman–Crippen MR) is 112 cm³/mol. The molecule has 0 bridgehead atoms. The van der Waals surface area contributed by atoms with Crippen LogP contribution in [0, 0.1) is 5.92 Å². The van der Waals surface area contributed by atoms with Crippen molar-refractivity contribution in [3.63, 3.8) is 0 Å². The van der Waals surface area contributed by atoms with Crippen LogP contribution in [0.1, 0.15) is 36.9 Å². The molecule has 1 atom stereocenters. The fourth-order valence-corrected chi connectivity index (χ4v) is 3.96. The summed E-state index contributed by atoms with van der Waals surface area (Å²) >= 11 is 0. The van der Waals surface area contributed by atoms with Crippen LogP contribution in [-0.4, -0.2) is 38.1 Å². The summed E-state index contributed by atoms with van der Waals surface area (Å²) in [4.78, 5) is 25.9. The summed E-state index contributed by atoms with van der Waals surface area (Å²) in [5.41, 5.74) is 2.31. The van der Waals surface area contributed by atoms with Crippen molar-refractivity contribution in [3.05, 3.63) is 71.8 Å². The Labute approximate surface area is 173 Å². The van der Waals surface area contributed by atoms with Gasteiger partial charge in [-0.2, -0.15) is 0 Å².